The Morgan fingerprint density at radius 1 is 1.02 bits per heavy atom. The minimum absolute atomic E-state index is 0.0879. The van der Waals surface area contributed by atoms with Gasteiger partial charge in [-0.15, -0.1) is 6.58 Å². The number of aliphatic hydroxyl groups excluding tert-OH is 5. The molecule has 0 spiro atoms. The molecule has 11 heteroatoms. The van der Waals surface area contributed by atoms with E-state index >= 15 is 0 Å². The van der Waals surface area contributed by atoms with E-state index in [1.165, 1.54) is 12.5 Å². The first-order valence-corrected chi connectivity index (χ1v) is 15.6. The number of hydrogen-bond acceptors (Lipinski definition) is 11. The molecule has 2 saturated carbocycles. The van der Waals surface area contributed by atoms with Gasteiger partial charge in [0.2, 0.25) is 0 Å². The van der Waals surface area contributed by atoms with Crippen molar-refractivity contribution in [1.29, 1.82) is 0 Å². The molecule has 2 heterocycles. The minimum Gasteiger partial charge on any atom is -0.457 e. The van der Waals surface area contributed by atoms with Crippen LogP contribution in [-0.4, -0.2) is 106 Å². The Bertz CT molecular complexity index is 1080. The number of fused-ring (bicyclic) bond motifs is 3. The quantitative estimate of drug-likeness (QED) is 0.210. The molecule has 5 rings (SSSR count). The van der Waals surface area contributed by atoms with E-state index < -0.39 is 67.2 Å². The molecule has 2 aliphatic heterocycles. The molecule has 5 N–H and O–H groups in total. The molecule has 11 nitrogen and oxygen atoms in total. The van der Waals surface area contributed by atoms with Crippen molar-refractivity contribution in [1.82, 2.24) is 0 Å². The smallest absolute Gasteiger partial charge is 0.303 e. The summed E-state index contributed by atoms with van der Waals surface area (Å²) < 4.78 is 29.3. The van der Waals surface area contributed by atoms with Crippen LogP contribution < -0.4 is 0 Å². The van der Waals surface area contributed by atoms with Crippen molar-refractivity contribution in [3.05, 3.63) is 24.3 Å². The maximum atomic E-state index is 11.4. The molecular weight excluding hydrogens is 560 g/mol. The molecule has 2 saturated heterocycles. The number of carbonyl (C=O) groups is 1. The predicted molar refractivity (Wildman–Crippen MR) is 153 cm³/mol. The first-order valence-electron chi connectivity index (χ1n) is 15.6. The summed E-state index contributed by atoms with van der Waals surface area (Å²) in [4.78, 5) is 11.4. The van der Waals surface area contributed by atoms with Crippen LogP contribution in [0.2, 0.25) is 0 Å². The number of ether oxygens (including phenoxy) is 5. The topological polar surface area (TPSA) is 164 Å². The fourth-order valence-corrected chi connectivity index (χ4v) is 8.79. The van der Waals surface area contributed by atoms with E-state index in [4.69, 9.17) is 23.7 Å². The normalized spacial score (nSPS) is 49.4. The molecule has 0 amide bonds. The predicted octanol–water partition coefficient (Wildman–Crippen LogP) is 1.58. The van der Waals surface area contributed by atoms with Gasteiger partial charge >= 0.3 is 5.97 Å². The Balaban J connectivity index is 1.33. The zero-order valence-corrected chi connectivity index (χ0v) is 25.9. The third-order valence-electron chi connectivity index (χ3n) is 11.4. The molecule has 0 bridgehead atoms. The largest absolute Gasteiger partial charge is 0.457 e. The minimum atomic E-state index is -1.39. The van der Waals surface area contributed by atoms with Gasteiger partial charge in [0.1, 0.15) is 30.5 Å². The lowest BCUT2D eigenvalue weighted by atomic mass is 9.44. The SMILES string of the molecule is C=C[C@@]1(C)C=C2CC[C@@H]3C(C)(C)[C@H](O[C@@H]4O[C@@H](CO)[C@H](O)[C@H]4O)CC[C@@]3(C)[C@@H]2C[C@@H]1O[C@@H]1OC[C@@H](OC(C)=O)[C@H](O)[C@H]1O. The van der Waals surface area contributed by atoms with Crippen LogP contribution in [0, 0.1) is 28.1 Å². The highest BCUT2D eigenvalue weighted by Crippen LogP contribution is 2.64. The second-order valence-electron chi connectivity index (χ2n) is 14.3. The summed E-state index contributed by atoms with van der Waals surface area (Å²) in [5.74, 6) is -0.0992. The lowest BCUT2D eigenvalue weighted by Gasteiger charge is -2.62. The van der Waals surface area contributed by atoms with Gasteiger partial charge in [0.15, 0.2) is 18.7 Å². The summed E-state index contributed by atoms with van der Waals surface area (Å²) in [7, 11) is 0. The summed E-state index contributed by atoms with van der Waals surface area (Å²) in [6.07, 6.45) is -1.41. The van der Waals surface area contributed by atoms with Gasteiger partial charge in [-0.2, -0.15) is 0 Å². The van der Waals surface area contributed by atoms with E-state index in [0.29, 0.717) is 6.42 Å². The first-order chi connectivity index (χ1) is 20.2. The van der Waals surface area contributed by atoms with Crippen molar-refractivity contribution in [2.75, 3.05) is 13.2 Å². The van der Waals surface area contributed by atoms with Crippen molar-refractivity contribution >= 4 is 5.97 Å². The number of rotatable bonds is 7. The molecule has 4 fully saturated rings. The maximum absolute atomic E-state index is 11.4. The van der Waals surface area contributed by atoms with Crippen LogP contribution in [0.25, 0.3) is 0 Å². The second kappa shape index (κ2) is 12.1. The summed E-state index contributed by atoms with van der Waals surface area (Å²) in [6.45, 7) is 13.7. The summed E-state index contributed by atoms with van der Waals surface area (Å²) in [5, 5.41) is 51.7. The molecule has 43 heavy (non-hydrogen) atoms. The van der Waals surface area contributed by atoms with Crippen LogP contribution >= 0.6 is 0 Å². The van der Waals surface area contributed by atoms with Gasteiger partial charge in [0.25, 0.3) is 0 Å². The molecule has 0 aromatic heterocycles. The van der Waals surface area contributed by atoms with Gasteiger partial charge in [-0.1, -0.05) is 45.4 Å². The van der Waals surface area contributed by atoms with Gasteiger partial charge in [-0.3, -0.25) is 4.79 Å². The fraction of sp³-hybridized carbons (Fsp3) is 0.844. The number of aliphatic hydroxyl groups is 5. The standard InChI is InChI=1S/C32H50O11/c1-7-31(5)13-17-8-9-21-30(3,4)22(42-29-27(38)24(35)19(14-33)41-29)10-11-32(21,6)18(17)12-23(31)43-28-26(37)25(36)20(15-39-28)40-16(2)34/h7,13,18-29,33,35-38H,1,8-12,14-15H2,2-6H3/t18-,19+,20-,21-,22-,23+,24+,25+,26-,27-,28+,29+,31+,32+/m1/s1. The van der Waals surface area contributed by atoms with Crippen LogP contribution in [0.1, 0.15) is 66.7 Å². The Morgan fingerprint density at radius 3 is 2.33 bits per heavy atom. The molecule has 0 aromatic carbocycles. The van der Waals surface area contributed by atoms with Gasteiger partial charge < -0.3 is 49.2 Å². The number of hydrogen-bond donors (Lipinski definition) is 5. The Hall–Kier alpha value is -1.41. The Kier molecular flexibility index (Phi) is 9.26. The molecule has 0 unspecified atom stereocenters. The Morgan fingerprint density at radius 2 is 1.70 bits per heavy atom. The average molecular weight is 611 g/mol. The summed E-state index contributed by atoms with van der Waals surface area (Å²) >= 11 is 0. The highest BCUT2D eigenvalue weighted by Gasteiger charge is 2.60. The molecule has 5 aliphatic rings. The number of esters is 1. The van der Waals surface area contributed by atoms with E-state index in [-0.39, 0.29) is 41.5 Å². The van der Waals surface area contributed by atoms with E-state index in [9.17, 15) is 30.3 Å². The highest BCUT2D eigenvalue weighted by molar-refractivity contribution is 5.66. The van der Waals surface area contributed by atoms with Crippen molar-refractivity contribution < 1.29 is 54.0 Å². The van der Waals surface area contributed by atoms with Gasteiger partial charge in [-0.25, -0.2) is 0 Å². The second-order valence-corrected chi connectivity index (χ2v) is 14.3. The van der Waals surface area contributed by atoms with Gasteiger partial charge in [-0.05, 0) is 54.8 Å². The molecule has 244 valence electrons. The van der Waals surface area contributed by atoms with Crippen molar-refractivity contribution in [2.45, 2.75) is 128 Å². The third kappa shape index (κ3) is 5.74. The van der Waals surface area contributed by atoms with Crippen molar-refractivity contribution in [2.24, 2.45) is 28.1 Å². The van der Waals surface area contributed by atoms with Gasteiger partial charge in [0.05, 0.1) is 25.4 Å². The number of carbonyl (C=O) groups excluding carboxylic acids is 1. The van der Waals surface area contributed by atoms with Crippen molar-refractivity contribution in [3.8, 4) is 0 Å². The Labute approximate surface area is 253 Å². The monoisotopic (exact) mass is 610 g/mol. The van der Waals surface area contributed by atoms with E-state index in [1.807, 2.05) is 6.08 Å². The zero-order valence-electron chi connectivity index (χ0n) is 25.9. The molecular formula is C32H50O11. The van der Waals surface area contributed by atoms with E-state index in [2.05, 4.69) is 40.3 Å². The molecule has 3 aliphatic carbocycles. The van der Waals surface area contributed by atoms with Crippen LogP contribution in [0.4, 0.5) is 0 Å². The van der Waals surface area contributed by atoms with Crippen LogP contribution in [0.5, 0.6) is 0 Å². The van der Waals surface area contributed by atoms with Crippen LogP contribution in [0.15, 0.2) is 24.3 Å². The lowest BCUT2D eigenvalue weighted by Crippen LogP contribution is -2.59. The summed E-state index contributed by atoms with van der Waals surface area (Å²) in [5.41, 5.74) is 0.481. The molecule has 14 atom stereocenters. The zero-order chi connectivity index (χ0) is 31.5. The highest BCUT2D eigenvalue weighted by atomic mass is 16.7. The first kappa shape index (κ1) is 33.0. The van der Waals surface area contributed by atoms with Gasteiger partial charge in [0, 0.05) is 12.3 Å². The van der Waals surface area contributed by atoms with Crippen molar-refractivity contribution in [3.63, 3.8) is 0 Å². The summed E-state index contributed by atoms with van der Waals surface area (Å²) in [6, 6.07) is 0. The maximum Gasteiger partial charge on any atom is 0.303 e. The van der Waals surface area contributed by atoms with Crippen LogP contribution in [-0.2, 0) is 28.5 Å². The molecule has 0 radical (unpaired) electrons. The number of allylic oxidation sites excluding steroid dienone is 1. The van der Waals surface area contributed by atoms with E-state index in [0.717, 1.165) is 25.7 Å². The van der Waals surface area contributed by atoms with Crippen LogP contribution in [0.3, 0.4) is 0 Å². The third-order valence-corrected chi connectivity index (χ3v) is 11.4. The lowest BCUT2D eigenvalue weighted by molar-refractivity contribution is -0.294. The molecule has 0 aromatic rings. The fourth-order valence-electron chi connectivity index (χ4n) is 8.79. The van der Waals surface area contributed by atoms with E-state index in [1.54, 1.807) is 0 Å². The average Bonchev–Trinajstić information content (AvgIpc) is 3.22.